The van der Waals surface area contributed by atoms with Gasteiger partial charge in [0.15, 0.2) is 0 Å². The third kappa shape index (κ3) is 3.32. The van der Waals surface area contributed by atoms with Crippen LogP contribution >= 0.6 is 0 Å². The SMILES string of the molecule is O=C(NCCN1C(=O)Cc2ccccc21)N1Cc2ccccc2-c2ccccc2C1. The van der Waals surface area contributed by atoms with Crippen LogP contribution in [0.25, 0.3) is 11.1 Å². The molecule has 0 unspecified atom stereocenters. The molecule has 0 aliphatic carbocycles. The van der Waals surface area contributed by atoms with E-state index in [4.69, 9.17) is 0 Å². The van der Waals surface area contributed by atoms with E-state index in [9.17, 15) is 9.59 Å². The van der Waals surface area contributed by atoms with E-state index in [-0.39, 0.29) is 11.9 Å². The molecule has 0 atom stereocenters. The lowest BCUT2D eigenvalue weighted by atomic mass is 9.97. The maximum absolute atomic E-state index is 13.0. The number of nitrogens with zero attached hydrogens (tertiary/aromatic N) is 2. The Balaban J connectivity index is 1.29. The van der Waals surface area contributed by atoms with Crippen molar-refractivity contribution in [2.24, 2.45) is 0 Å². The number of amides is 3. The average molecular weight is 397 g/mol. The van der Waals surface area contributed by atoms with Crippen molar-refractivity contribution in [3.8, 4) is 11.1 Å². The van der Waals surface area contributed by atoms with E-state index in [2.05, 4.69) is 29.6 Å². The molecule has 2 aliphatic rings. The summed E-state index contributed by atoms with van der Waals surface area (Å²) in [4.78, 5) is 28.9. The van der Waals surface area contributed by atoms with Crippen molar-refractivity contribution < 1.29 is 9.59 Å². The van der Waals surface area contributed by atoms with Gasteiger partial charge in [0.05, 0.1) is 6.42 Å². The van der Waals surface area contributed by atoms with Crippen molar-refractivity contribution in [1.82, 2.24) is 10.2 Å². The standard InChI is InChI=1S/C25H23N3O2/c29-24-15-18-7-3-6-12-23(18)28(24)14-13-26-25(30)27-16-19-8-1-4-10-21(19)22-11-5-2-9-20(22)17-27/h1-12H,13-17H2,(H,26,30). The Labute approximate surface area is 175 Å². The number of urea groups is 1. The van der Waals surface area contributed by atoms with Gasteiger partial charge in [-0.1, -0.05) is 66.7 Å². The molecule has 0 spiro atoms. The average Bonchev–Trinajstić information content (AvgIpc) is 2.98. The predicted molar refractivity (Wildman–Crippen MR) is 117 cm³/mol. The molecule has 0 saturated carbocycles. The van der Waals surface area contributed by atoms with Gasteiger partial charge in [-0.25, -0.2) is 4.79 Å². The monoisotopic (exact) mass is 397 g/mol. The highest BCUT2D eigenvalue weighted by atomic mass is 16.2. The van der Waals surface area contributed by atoms with Crippen LogP contribution in [0.4, 0.5) is 10.5 Å². The van der Waals surface area contributed by atoms with Crippen LogP contribution in [-0.2, 0) is 24.3 Å². The van der Waals surface area contributed by atoms with Gasteiger partial charge >= 0.3 is 6.03 Å². The van der Waals surface area contributed by atoms with E-state index in [0.29, 0.717) is 32.6 Å². The molecule has 0 fully saturated rings. The van der Waals surface area contributed by atoms with Crippen LogP contribution in [0.5, 0.6) is 0 Å². The number of fused-ring (bicyclic) bond motifs is 4. The molecule has 3 amide bonds. The molecule has 1 N–H and O–H groups in total. The van der Waals surface area contributed by atoms with Crippen molar-refractivity contribution >= 4 is 17.6 Å². The van der Waals surface area contributed by atoms with Crippen molar-refractivity contribution in [1.29, 1.82) is 0 Å². The van der Waals surface area contributed by atoms with E-state index in [0.717, 1.165) is 22.4 Å². The number of rotatable bonds is 3. The maximum atomic E-state index is 13.0. The highest BCUT2D eigenvalue weighted by molar-refractivity contribution is 6.01. The Hall–Kier alpha value is -3.60. The number of benzene rings is 3. The summed E-state index contributed by atoms with van der Waals surface area (Å²) in [6.45, 7) is 2.01. The second kappa shape index (κ2) is 7.67. The van der Waals surface area contributed by atoms with Crippen LogP contribution in [0, 0.1) is 0 Å². The molecule has 30 heavy (non-hydrogen) atoms. The normalized spacial score (nSPS) is 14.6. The quantitative estimate of drug-likeness (QED) is 0.727. The zero-order chi connectivity index (χ0) is 20.5. The zero-order valence-corrected chi connectivity index (χ0v) is 16.7. The topological polar surface area (TPSA) is 52.7 Å². The van der Waals surface area contributed by atoms with Crippen LogP contribution in [0.1, 0.15) is 16.7 Å². The largest absolute Gasteiger partial charge is 0.336 e. The Bertz CT molecular complexity index is 1080. The van der Waals surface area contributed by atoms with Crippen LogP contribution in [0.3, 0.4) is 0 Å². The number of hydrogen-bond donors (Lipinski definition) is 1. The summed E-state index contributed by atoms with van der Waals surface area (Å²) >= 11 is 0. The second-order valence-corrected chi connectivity index (χ2v) is 7.75. The van der Waals surface area contributed by atoms with Gasteiger partial charge in [0, 0.05) is 31.9 Å². The summed E-state index contributed by atoms with van der Waals surface area (Å²) in [6.07, 6.45) is 0.434. The number of nitrogens with one attached hydrogen (secondary N) is 1. The molecule has 0 aromatic heterocycles. The maximum Gasteiger partial charge on any atom is 0.318 e. The predicted octanol–water partition coefficient (Wildman–Crippen LogP) is 3.97. The number of hydrogen-bond acceptors (Lipinski definition) is 2. The first-order chi connectivity index (χ1) is 14.7. The highest BCUT2D eigenvalue weighted by Gasteiger charge is 2.27. The van der Waals surface area contributed by atoms with Crippen LogP contribution in [0.2, 0.25) is 0 Å². The fraction of sp³-hybridized carbons (Fsp3) is 0.200. The molecule has 0 bridgehead atoms. The Morgan fingerprint density at radius 2 is 1.37 bits per heavy atom. The third-order valence-electron chi connectivity index (χ3n) is 5.87. The van der Waals surface area contributed by atoms with Gasteiger partial charge < -0.3 is 15.1 Å². The Kier molecular flexibility index (Phi) is 4.71. The van der Waals surface area contributed by atoms with E-state index < -0.39 is 0 Å². The minimum Gasteiger partial charge on any atom is -0.336 e. The summed E-state index contributed by atoms with van der Waals surface area (Å²) in [5.74, 6) is 0.0862. The van der Waals surface area contributed by atoms with Gasteiger partial charge in [-0.2, -0.15) is 0 Å². The first-order valence-electron chi connectivity index (χ1n) is 10.3. The molecule has 2 aliphatic heterocycles. The van der Waals surface area contributed by atoms with Crippen molar-refractivity contribution in [3.05, 3.63) is 89.5 Å². The first kappa shape index (κ1) is 18.4. The molecule has 150 valence electrons. The van der Waals surface area contributed by atoms with Gasteiger partial charge in [0.25, 0.3) is 0 Å². The second-order valence-electron chi connectivity index (χ2n) is 7.75. The molecule has 5 rings (SSSR count). The van der Waals surface area contributed by atoms with Gasteiger partial charge in [-0.3, -0.25) is 4.79 Å². The summed E-state index contributed by atoms with van der Waals surface area (Å²) in [5, 5.41) is 3.01. The molecule has 0 radical (unpaired) electrons. The van der Waals surface area contributed by atoms with Gasteiger partial charge in [0.1, 0.15) is 0 Å². The lowest BCUT2D eigenvalue weighted by Crippen LogP contribution is -2.43. The fourth-order valence-corrected chi connectivity index (χ4v) is 4.40. The summed E-state index contributed by atoms with van der Waals surface area (Å²) in [5.41, 5.74) is 6.65. The molecule has 2 heterocycles. The van der Waals surface area contributed by atoms with Crippen molar-refractivity contribution in [2.45, 2.75) is 19.5 Å². The van der Waals surface area contributed by atoms with Gasteiger partial charge in [-0.05, 0) is 33.9 Å². The van der Waals surface area contributed by atoms with E-state index >= 15 is 0 Å². The molecule has 5 nitrogen and oxygen atoms in total. The number of carbonyl (C=O) groups excluding carboxylic acids is 2. The van der Waals surface area contributed by atoms with Gasteiger partial charge in [-0.15, -0.1) is 0 Å². The number of anilines is 1. The lowest BCUT2D eigenvalue weighted by Gasteiger charge is -2.23. The van der Waals surface area contributed by atoms with Crippen LogP contribution < -0.4 is 10.2 Å². The Morgan fingerprint density at radius 1 is 0.800 bits per heavy atom. The Morgan fingerprint density at radius 3 is 2.03 bits per heavy atom. The molecule has 3 aromatic carbocycles. The van der Waals surface area contributed by atoms with E-state index in [1.54, 1.807) is 4.90 Å². The summed E-state index contributed by atoms with van der Waals surface area (Å²) < 4.78 is 0. The fourth-order valence-electron chi connectivity index (χ4n) is 4.40. The summed E-state index contributed by atoms with van der Waals surface area (Å²) in [6, 6.07) is 24.2. The molecule has 5 heteroatoms. The summed E-state index contributed by atoms with van der Waals surface area (Å²) in [7, 11) is 0. The van der Waals surface area contributed by atoms with E-state index in [1.807, 2.05) is 53.4 Å². The van der Waals surface area contributed by atoms with Crippen LogP contribution in [-0.4, -0.2) is 29.9 Å². The lowest BCUT2D eigenvalue weighted by molar-refractivity contribution is -0.117. The number of para-hydroxylation sites is 1. The van der Waals surface area contributed by atoms with Crippen molar-refractivity contribution in [2.75, 3.05) is 18.0 Å². The highest BCUT2D eigenvalue weighted by Crippen LogP contribution is 2.32. The zero-order valence-electron chi connectivity index (χ0n) is 16.7. The minimum atomic E-state index is -0.110. The van der Waals surface area contributed by atoms with Crippen molar-refractivity contribution in [3.63, 3.8) is 0 Å². The molecular weight excluding hydrogens is 374 g/mol. The minimum absolute atomic E-state index is 0.0862. The number of carbonyl (C=O) groups is 2. The third-order valence-corrected chi connectivity index (χ3v) is 5.87. The first-order valence-corrected chi connectivity index (χ1v) is 10.3. The van der Waals surface area contributed by atoms with Gasteiger partial charge in [0.2, 0.25) is 5.91 Å². The molecule has 0 saturated heterocycles. The molecular formula is C25H23N3O2. The van der Waals surface area contributed by atoms with E-state index in [1.165, 1.54) is 11.1 Å². The molecule has 3 aromatic rings. The van der Waals surface area contributed by atoms with Crippen LogP contribution in [0.15, 0.2) is 72.8 Å². The smallest absolute Gasteiger partial charge is 0.318 e.